The summed E-state index contributed by atoms with van der Waals surface area (Å²) in [4.78, 5) is 34.9. The maximum atomic E-state index is 12.7. The first-order valence-electron chi connectivity index (χ1n) is 10.3. The molecular formula is C25H21N3O3. The third-order valence-electron chi connectivity index (χ3n) is 5.85. The number of benzene rings is 2. The number of para-hydroxylation sites is 2. The maximum Gasteiger partial charge on any atom is 0.336 e. The quantitative estimate of drug-likeness (QED) is 0.529. The molecule has 0 saturated heterocycles. The number of likely N-dealkylation sites (N-methyl/N-ethyl adjacent to an activating group) is 1. The first-order valence-corrected chi connectivity index (χ1v) is 10.3. The van der Waals surface area contributed by atoms with Crippen molar-refractivity contribution >= 4 is 39.4 Å². The Bertz CT molecular complexity index is 1440. The van der Waals surface area contributed by atoms with Crippen LogP contribution < -0.4 is 5.56 Å². The van der Waals surface area contributed by atoms with Gasteiger partial charge in [-0.25, -0.2) is 9.78 Å². The summed E-state index contributed by atoms with van der Waals surface area (Å²) in [6.07, 6.45) is 1.85. The number of aromatic carboxylic acids is 1. The SMILES string of the molecule is CCN1CC(=Cc2cc3ccccc3[nH]c2=O)c2nc3ccccc3c(C(=O)O)c2C1. The number of fused-ring (bicyclic) bond motifs is 3. The summed E-state index contributed by atoms with van der Waals surface area (Å²) in [6.45, 7) is 3.91. The number of nitrogens with one attached hydrogen (secondary N) is 1. The van der Waals surface area contributed by atoms with Crippen molar-refractivity contribution in [1.29, 1.82) is 0 Å². The van der Waals surface area contributed by atoms with Crippen LogP contribution in [-0.4, -0.2) is 39.0 Å². The van der Waals surface area contributed by atoms with Crippen LogP contribution in [0.4, 0.5) is 0 Å². The number of aromatic nitrogens is 2. The van der Waals surface area contributed by atoms with Crippen molar-refractivity contribution in [3.8, 4) is 0 Å². The number of rotatable bonds is 3. The second-order valence-corrected chi connectivity index (χ2v) is 7.75. The number of pyridine rings is 2. The van der Waals surface area contributed by atoms with Gasteiger partial charge in [0, 0.05) is 35.1 Å². The molecular weight excluding hydrogens is 390 g/mol. The van der Waals surface area contributed by atoms with Gasteiger partial charge in [0.2, 0.25) is 0 Å². The number of carboxylic acids is 1. The van der Waals surface area contributed by atoms with E-state index in [0.717, 1.165) is 23.0 Å². The Morgan fingerprint density at radius 3 is 2.74 bits per heavy atom. The van der Waals surface area contributed by atoms with Crippen molar-refractivity contribution in [2.24, 2.45) is 0 Å². The molecule has 0 amide bonds. The molecule has 0 fully saturated rings. The van der Waals surface area contributed by atoms with Crippen molar-refractivity contribution in [2.75, 3.05) is 13.1 Å². The van der Waals surface area contributed by atoms with E-state index in [9.17, 15) is 14.7 Å². The zero-order chi connectivity index (χ0) is 21.5. The summed E-state index contributed by atoms with van der Waals surface area (Å²) < 4.78 is 0. The third-order valence-corrected chi connectivity index (χ3v) is 5.85. The van der Waals surface area contributed by atoms with Gasteiger partial charge in [-0.15, -0.1) is 0 Å². The maximum absolute atomic E-state index is 12.7. The summed E-state index contributed by atoms with van der Waals surface area (Å²) in [5.41, 5.74) is 4.27. The molecule has 0 atom stereocenters. The number of hydrogen-bond acceptors (Lipinski definition) is 4. The van der Waals surface area contributed by atoms with Gasteiger partial charge in [0.05, 0.1) is 16.8 Å². The largest absolute Gasteiger partial charge is 0.478 e. The van der Waals surface area contributed by atoms with Gasteiger partial charge in [0.25, 0.3) is 5.56 Å². The first kappa shape index (κ1) is 19.2. The summed E-state index contributed by atoms with van der Waals surface area (Å²) in [6, 6.07) is 16.8. The minimum Gasteiger partial charge on any atom is -0.478 e. The molecule has 2 aromatic heterocycles. The number of carboxylic acid groups (broad SMARTS) is 1. The lowest BCUT2D eigenvalue weighted by Crippen LogP contribution is -2.32. The summed E-state index contributed by atoms with van der Waals surface area (Å²) >= 11 is 0. The molecule has 31 heavy (non-hydrogen) atoms. The molecule has 6 nitrogen and oxygen atoms in total. The molecule has 3 heterocycles. The van der Waals surface area contributed by atoms with Crippen LogP contribution in [0.1, 0.15) is 34.1 Å². The molecule has 0 radical (unpaired) electrons. The van der Waals surface area contributed by atoms with E-state index < -0.39 is 5.97 Å². The van der Waals surface area contributed by atoms with Crippen LogP contribution in [0.2, 0.25) is 0 Å². The second kappa shape index (κ2) is 7.49. The molecule has 0 aliphatic carbocycles. The van der Waals surface area contributed by atoms with Crippen LogP contribution in [0.25, 0.3) is 33.5 Å². The minimum absolute atomic E-state index is 0.180. The molecule has 1 aliphatic rings. The van der Waals surface area contributed by atoms with Crippen molar-refractivity contribution < 1.29 is 9.90 Å². The normalized spacial score (nSPS) is 15.5. The Hall–Kier alpha value is -3.77. The van der Waals surface area contributed by atoms with Crippen molar-refractivity contribution in [3.05, 3.63) is 87.3 Å². The van der Waals surface area contributed by atoms with E-state index in [-0.39, 0.29) is 11.1 Å². The van der Waals surface area contributed by atoms with E-state index in [4.69, 9.17) is 4.98 Å². The third kappa shape index (κ3) is 3.31. The lowest BCUT2D eigenvalue weighted by atomic mass is 9.92. The lowest BCUT2D eigenvalue weighted by Gasteiger charge is -2.30. The van der Waals surface area contributed by atoms with Crippen molar-refractivity contribution in [2.45, 2.75) is 13.5 Å². The molecule has 0 unspecified atom stereocenters. The fraction of sp³-hybridized carbons (Fsp3) is 0.160. The van der Waals surface area contributed by atoms with Crippen molar-refractivity contribution in [3.63, 3.8) is 0 Å². The number of aromatic amines is 1. The number of H-pyrrole nitrogens is 1. The van der Waals surface area contributed by atoms with Gasteiger partial charge in [-0.05, 0) is 41.8 Å². The fourth-order valence-corrected chi connectivity index (χ4v) is 4.31. The number of nitrogens with zero attached hydrogens (tertiary/aromatic N) is 2. The first-order chi connectivity index (χ1) is 15.0. The number of carbonyl (C=O) groups is 1. The van der Waals surface area contributed by atoms with E-state index in [1.165, 1.54) is 0 Å². The van der Waals surface area contributed by atoms with E-state index in [0.29, 0.717) is 40.8 Å². The van der Waals surface area contributed by atoms with E-state index in [1.807, 2.05) is 61.5 Å². The summed E-state index contributed by atoms with van der Waals surface area (Å²) in [7, 11) is 0. The smallest absolute Gasteiger partial charge is 0.336 e. The fourth-order valence-electron chi connectivity index (χ4n) is 4.31. The molecule has 0 saturated carbocycles. The minimum atomic E-state index is -0.962. The zero-order valence-corrected chi connectivity index (χ0v) is 17.1. The van der Waals surface area contributed by atoms with Gasteiger partial charge in [0.15, 0.2) is 0 Å². The van der Waals surface area contributed by atoms with Gasteiger partial charge >= 0.3 is 5.97 Å². The molecule has 0 spiro atoms. The molecule has 1 aliphatic heterocycles. The standard InChI is InChI=1S/C25H21N3O3/c1-2-28-13-17(12-16-11-15-7-3-5-9-20(15)27-24(16)29)23-19(14-28)22(25(30)31)18-8-4-6-10-21(18)26-23/h3-12H,2,13-14H2,1H3,(H,27,29)(H,30,31). The zero-order valence-electron chi connectivity index (χ0n) is 17.1. The van der Waals surface area contributed by atoms with E-state index in [1.54, 1.807) is 6.07 Å². The summed E-state index contributed by atoms with van der Waals surface area (Å²) in [5.74, 6) is -0.962. The van der Waals surface area contributed by atoms with Crippen LogP contribution in [0.5, 0.6) is 0 Å². The van der Waals surface area contributed by atoms with E-state index in [2.05, 4.69) is 9.88 Å². The highest BCUT2D eigenvalue weighted by Gasteiger charge is 2.28. The van der Waals surface area contributed by atoms with Gasteiger partial charge in [0.1, 0.15) is 0 Å². The van der Waals surface area contributed by atoms with Gasteiger partial charge in [-0.3, -0.25) is 9.69 Å². The summed E-state index contributed by atoms with van der Waals surface area (Å²) in [5, 5.41) is 11.6. The van der Waals surface area contributed by atoms with Gasteiger partial charge < -0.3 is 10.1 Å². The Morgan fingerprint density at radius 2 is 1.94 bits per heavy atom. The van der Waals surface area contributed by atoms with Crippen molar-refractivity contribution in [1.82, 2.24) is 14.9 Å². The Kier molecular flexibility index (Phi) is 4.64. The lowest BCUT2D eigenvalue weighted by molar-refractivity contribution is 0.0696. The predicted octanol–water partition coefficient (Wildman–Crippen LogP) is 4.15. The second-order valence-electron chi connectivity index (χ2n) is 7.75. The Labute approximate surface area is 178 Å². The highest BCUT2D eigenvalue weighted by atomic mass is 16.4. The number of hydrogen-bond donors (Lipinski definition) is 2. The molecule has 2 N–H and O–H groups in total. The predicted molar refractivity (Wildman–Crippen MR) is 122 cm³/mol. The van der Waals surface area contributed by atoms with Crippen LogP contribution >= 0.6 is 0 Å². The van der Waals surface area contributed by atoms with Crippen LogP contribution in [0.3, 0.4) is 0 Å². The van der Waals surface area contributed by atoms with E-state index >= 15 is 0 Å². The molecule has 154 valence electrons. The highest BCUT2D eigenvalue weighted by molar-refractivity contribution is 6.06. The Balaban J connectivity index is 1.78. The average Bonchev–Trinajstić information content (AvgIpc) is 2.77. The van der Waals surface area contributed by atoms with Crippen LogP contribution in [0.15, 0.2) is 59.4 Å². The average molecular weight is 411 g/mol. The molecule has 5 rings (SSSR count). The Morgan fingerprint density at radius 1 is 1.16 bits per heavy atom. The molecule has 2 aromatic carbocycles. The van der Waals surface area contributed by atoms with Gasteiger partial charge in [-0.1, -0.05) is 43.3 Å². The monoisotopic (exact) mass is 411 g/mol. The van der Waals surface area contributed by atoms with Crippen LogP contribution in [0, 0.1) is 0 Å². The molecule has 6 heteroatoms. The van der Waals surface area contributed by atoms with Crippen LogP contribution in [-0.2, 0) is 6.54 Å². The molecule has 4 aromatic rings. The van der Waals surface area contributed by atoms with Gasteiger partial charge in [-0.2, -0.15) is 0 Å². The highest BCUT2D eigenvalue weighted by Crippen LogP contribution is 2.33. The topological polar surface area (TPSA) is 86.3 Å². The molecule has 0 bridgehead atoms.